The van der Waals surface area contributed by atoms with E-state index in [0.29, 0.717) is 45.2 Å². The number of hydrogen-bond acceptors (Lipinski definition) is 6. The van der Waals surface area contributed by atoms with Gasteiger partial charge in [-0.2, -0.15) is 5.10 Å². The lowest BCUT2D eigenvalue weighted by Gasteiger charge is -2.04. The smallest absolute Gasteiger partial charge is 0.161 e. The monoisotopic (exact) mass is 437 g/mol. The number of H-pyrrole nitrogens is 2. The second-order valence-corrected chi connectivity index (χ2v) is 7.43. The molecule has 0 spiro atoms. The summed E-state index contributed by atoms with van der Waals surface area (Å²) in [4.78, 5) is 21.0. The highest BCUT2D eigenvalue weighted by Crippen LogP contribution is 2.32. The van der Waals surface area contributed by atoms with E-state index >= 15 is 0 Å². The van der Waals surface area contributed by atoms with Crippen LogP contribution in [-0.2, 0) is 0 Å². The molecular formula is C24H16FN7O. The first kappa shape index (κ1) is 19.1. The molecule has 6 rings (SSSR count). The van der Waals surface area contributed by atoms with Crippen LogP contribution in [0.4, 0.5) is 4.39 Å². The van der Waals surface area contributed by atoms with Gasteiger partial charge in [-0.25, -0.2) is 19.3 Å². The molecule has 33 heavy (non-hydrogen) atoms. The van der Waals surface area contributed by atoms with Crippen LogP contribution >= 0.6 is 0 Å². The molecule has 0 amide bonds. The molecule has 5 aromatic heterocycles. The van der Waals surface area contributed by atoms with Gasteiger partial charge in [0.15, 0.2) is 17.1 Å². The van der Waals surface area contributed by atoms with Crippen molar-refractivity contribution in [1.29, 1.82) is 0 Å². The Bertz CT molecular complexity index is 1640. The molecule has 0 saturated carbocycles. The largest absolute Gasteiger partial charge is 0.495 e. The Morgan fingerprint density at radius 2 is 1.79 bits per heavy atom. The lowest BCUT2D eigenvalue weighted by atomic mass is 10.1. The normalized spacial score (nSPS) is 11.3. The fourth-order valence-corrected chi connectivity index (χ4v) is 3.85. The summed E-state index contributed by atoms with van der Waals surface area (Å²) in [6.07, 6.45) is 6.77. The SMILES string of the molecule is COc1cncc(-c2cnc3[nH]nc(-c4nc5c(-c6ccccc6F)ccnc5[nH]4)c3c2)c1. The summed E-state index contributed by atoms with van der Waals surface area (Å²) in [5, 5.41) is 8.15. The number of rotatable bonds is 4. The molecule has 2 N–H and O–H groups in total. The molecule has 160 valence electrons. The van der Waals surface area contributed by atoms with Crippen molar-refractivity contribution in [3.8, 4) is 39.5 Å². The van der Waals surface area contributed by atoms with E-state index in [4.69, 9.17) is 9.72 Å². The maximum Gasteiger partial charge on any atom is 0.161 e. The van der Waals surface area contributed by atoms with E-state index in [2.05, 4.69) is 30.1 Å². The number of nitrogens with zero attached hydrogens (tertiary/aromatic N) is 5. The third kappa shape index (κ3) is 3.18. The van der Waals surface area contributed by atoms with Crippen LogP contribution in [0.2, 0.25) is 0 Å². The third-order valence-corrected chi connectivity index (χ3v) is 5.47. The van der Waals surface area contributed by atoms with E-state index in [1.807, 2.05) is 12.1 Å². The second kappa shape index (κ2) is 7.49. The fraction of sp³-hybridized carbons (Fsp3) is 0.0417. The minimum absolute atomic E-state index is 0.319. The van der Waals surface area contributed by atoms with E-state index in [0.717, 1.165) is 16.5 Å². The molecule has 0 saturated heterocycles. The Morgan fingerprint density at radius 3 is 2.67 bits per heavy atom. The summed E-state index contributed by atoms with van der Waals surface area (Å²) in [7, 11) is 1.60. The van der Waals surface area contributed by atoms with E-state index in [9.17, 15) is 4.39 Å². The Morgan fingerprint density at radius 1 is 0.909 bits per heavy atom. The number of methoxy groups -OCH3 is 1. The number of nitrogens with one attached hydrogen (secondary N) is 2. The highest BCUT2D eigenvalue weighted by molar-refractivity contribution is 5.96. The summed E-state index contributed by atoms with van der Waals surface area (Å²) >= 11 is 0. The lowest BCUT2D eigenvalue weighted by Crippen LogP contribution is -1.88. The number of imidazole rings is 1. The first-order chi connectivity index (χ1) is 16.2. The average molecular weight is 437 g/mol. The Hall–Kier alpha value is -4.66. The van der Waals surface area contributed by atoms with Crippen LogP contribution in [0.5, 0.6) is 5.75 Å². The van der Waals surface area contributed by atoms with Crippen LogP contribution in [0.25, 0.3) is 56.0 Å². The number of benzene rings is 1. The molecule has 5 heterocycles. The van der Waals surface area contributed by atoms with Crippen LogP contribution in [-0.4, -0.2) is 42.2 Å². The van der Waals surface area contributed by atoms with E-state index < -0.39 is 0 Å². The molecule has 0 bridgehead atoms. The number of pyridine rings is 3. The number of ether oxygens (including phenoxy) is 1. The molecule has 0 atom stereocenters. The molecule has 8 nitrogen and oxygen atoms in total. The molecule has 1 aromatic carbocycles. The van der Waals surface area contributed by atoms with Gasteiger partial charge in [-0.15, -0.1) is 0 Å². The first-order valence-electron chi connectivity index (χ1n) is 10.1. The predicted octanol–water partition coefficient (Wildman–Crippen LogP) is 4.77. The van der Waals surface area contributed by atoms with Crippen LogP contribution < -0.4 is 4.74 Å². The zero-order chi connectivity index (χ0) is 22.4. The van der Waals surface area contributed by atoms with Crippen molar-refractivity contribution in [3.05, 3.63) is 73.1 Å². The zero-order valence-corrected chi connectivity index (χ0v) is 17.4. The van der Waals surface area contributed by atoms with Gasteiger partial charge in [0.05, 0.1) is 18.7 Å². The van der Waals surface area contributed by atoms with Gasteiger partial charge >= 0.3 is 0 Å². The topological polar surface area (TPSA) is 105 Å². The number of hydrogen-bond donors (Lipinski definition) is 2. The van der Waals surface area contributed by atoms with Gasteiger partial charge in [0.25, 0.3) is 0 Å². The van der Waals surface area contributed by atoms with Crippen LogP contribution in [0.15, 0.2) is 67.3 Å². The van der Waals surface area contributed by atoms with Gasteiger partial charge in [-0.05, 0) is 24.3 Å². The van der Waals surface area contributed by atoms with Gasteiger partial charge in [0.2, 0.25) is 0 Å². The van der Waals surface area contributed by atoms with Gasteiger partial charge in [0.1, 0.15) is 22.8 Å². The van der Waals surface area contributed by atoms with Crippen LogP contribution in [0, 0.1) is 5.82 Å². The molecule has 6 aromatic rings. The Kier molecular flexibility index (Phi) is 4.32. The van der Waals surface area contributed by atoms with Crippen LogP contribution in [0.3, 0.4) is 0 Å². The maximum atomic E-state index is 14.5. The van der Waals surface area contributed by atoms with E-state index in [-0.39, 0.29) is 5.82 Å². The summed E-state index contributed by atoms with van der Waals surface area (Å²) in [5.74, 6) is 0.847. The molecule has 0 aliphatic heterocycles. The number of halogens is 1. The number of fused-ring (bicyclic) bond motifs is 2. The summed E-state index contributed by atoms with van der Waals surface area (Å²) in [5.41, 5.74) is 5.16. The summed E-state index contributed by atoms with van der Waals surface area (Å²) < 4.78 is 19.7. The van der Waals surface area contributed by atoms with Crippen molar-refractivity contribution in [1.82, 2.24) is 35.1 Å². The molecule has 0 aliphatic rings. The van der Waals surface area contributed by atoms with Gasteiger partial charge in [0, 0.05) is 40.8 Å². The van der Waals surface area contributed by atoms with Gasteiger partial charge in [-0.1, -0.05) is 18.2 Å². The molecular weight excluding hydrogens is 421 g/mol. The van der Waals surface area contributed by atoms with E-state index in [1.54, 1.807) is 56.2 Å². The molecule has 0 aliphatic carbocycles. The highest BCUT2D eigenvalue weighted by atomic mass is 19.1. The number of aromatic amines is 2. The van der Waals surface area contributed by atoms with Crippen molar-refractivity contribution < 1.29 is 9.13 Å². The van der Waals surface area contributed by atoms with Crippen LogP contribution in [0.1, 0.15) is 0 Å². The predicted molar refractivity (Wildman–Crippen MR) is 122 cm³/mol. The molecule has 0 radical (unpaired) electrons. The van der Waals surface area contributed by atoms with Crippen molar-refractivity contribution in [3.63, 3.8) is 0 Å². The maximum absolute atomic E-state index is 14.5. The van der Waals surface area contributed by atoms with Gasteiger partial charge < -0.3 is 9.72 Å². The quantitative estimate of drug-likeness (QED) is 0.411. The fourth-order valence-electron chi connectivity index (χ4n) is 3.85. The van der Waals surface area contributed by atoms with Gasteiger partial charge in [-0.3, -0.25) is 10.1 Å². The molecule has 0 fully saturated rings. The first-order valence-corrected chi connectivity index (χ1v) is 10.1. The summed E-state index contributed by atoms with van der Waals surface area (Å²) in [6, 6.07) is 12.2. The molecule has 9 heteroatoms. The Balaban J connectivity index is 1.50. The van der Waals surface area contributed by atoms with E-state index in [1.165, 1.54) is 6.07 Å². The Labute approximate surface area is 186 Å². The highest BCUT2D eigenvalue weighted by Gasteiger charge is 2.18. The van der Waals surface area contributed by atoms with Crippen molar-refractivity contribution in [2.24, 2.45) is 0 Å². The van der Waals surface area contributed by atoms with Crippen molar-refractivity contribution in [2.45, 2.75) is 0 Å². The van der Waals surface area contributed by atoms with Crippen molar-refractivity contribution in [2.75, 3.05) is 7.11 Å². The zero-order valence-electron chi connectivity index (χ0n) is 17.4. The minimum Gasteiger partial charge on any atom is -0.495 e. The minimum atomic E-state index is -0.319. The lowest BCUT2D eigenvalue weighted by molar-refractivity contribution is 0.413. The molecule has 0 unspecified atom stereocenters. The standard InChI is InChI=1S/C24H16FN7O/c1-33-15-8-13(10-26-12-15)14-9-18-21(31-32-22(18)28-11-14)24-29-20-17(6-7-27-23(20)30-24)16-4-2-3-5-19(16)25/h2-12H,1H3,(H,27,29,30)(H,28,31,32). The second-order valence-electron chi connectivity index (χ2n) is 7.43. The average Bonchev–Trinajstić information content (AvgIpc) is 3.48. The van der Waals surface area contributed by atoms with Crippen molar-refractivity contribution >= 4 is 22.2 Å². The third-order valence-electron chi connectivity index (χ3n) is 5.47. The number of aromatic nitrogens is 7. The summed E-state index contributed by atoms with van der Waals surface area (Å²) in [6.45, 7) is 0.